The highest BCUT2D eigenvalue weighted by molar-refractivity contribution is 5.91. The van der Waals surface area contributed by atoms with Gasteiger partial charge in [0, 0.05) is 26.0 Å². The van der Waals surface area contributed by atoms with Crippen molar-refractivity contribution in [3.05, 3.63) is 24.0 Å². The fourth-order valence-electron chi connectivity index (χ4n) is 1.46. The number of pyridine rings is 1. The Hall–Kier alpha value is -1.62. The molecule has 1 rings (SSSR count). The molecule has 0 fully saturated rings. The van der Waals surface area contributed by atoms with Gasteiger partial charge in [0.1, 0.15) is 0 Å². The molecular weight excluding hydrogens is 232 g/mol. The molecule has 0 unspecified atom stereocenters. The van der Waals surface area contributed by atoms with Gasteiger partial charge in [-0.1, -0.05) is 13.3 Å². The molecule has 100 valence electrons. The maximum absolute atomic E-state index is 10.9. The second kappa shape index (κ2) is 8.47. The van der Waals surface area contributed by atoms with Crippen LogP contribution in [0, 0.1) is 0 Å². The third-order valence-electron chi connectivity index (χ3n) is 2.43. The molecular formula is C13H20N2O3. The van der Waals surface area contributed by atoms with Gasteiger partial charge in [-0.2, -0.15) is 0 Å². The van der Waals surface area contributed by atoms with Gasteiger partial charge >= 0.3 is 5.97 Å². The molecule has 0 radical (unpaired) electrons. The zero-order valence-corrected chi connectivity index (χ0v) is 10.7. The smallest absolute Gasteiger partial charge is 0.356 e. The average Bonchev–Trinajstić information content (AvgIpc) is 2.38. The van der Waals surface area contributed by atoms with E-state index in [2.05, 4.69) is 17.2 Å². The van der Waals surface area contributed by atoms with Crippen molar-refractivity contribution < 1.29 is 14.6 Å². The van der Waals surface area contributed by atoms with Gasteiger partial charge in [-0.25, -0.2) is 9.78 Å². The van der Waals surface area contributed by atoms with Crippen molar-refractivity contribution in [1.82, 2.24) is 4.98 Å². The highest BCUT2D eigenvalue weighted by atomic mass is 16.5. The Morgan fingerprint density at radius 2 is 2.22 bits per heavy atom. The van der Waals surface area contributed by atoms with Crippen molar-refractivity contribution in [1.29, 1.82) is 0 Å². The second-order valence-electron chi connectivity index (χ2n) is 3.95. The molecule has 18 heavy (non-hydrogen) atoms. The lowest BCUT2D eigenvalue weighted by molar-refractivity contribution is 0.0691. The van der Waals surface area contributed by atoms with Crippen molar-refractivity contribution in [2.24, 2.45) is 0 Å². The van der Waals surface area contributed by atoms with Gasteiger partial charge in [-0.3, -0.25) is 0 Å². The summed E-state index contributed by atoms with van der Waals surface area (Å²) in [6.45, 7) is 4.29. The van der Waals surface area contributed by atoms with E-state index < -0.39 is 5.97 Å². The van der Waals surface area contributed by atoms with Crippen molar-refractivity contribution in [2.75, 3.05) is 25.1 Å². The summed E-state index contributed by atoms with van der Waals surface area (Å²) in [6, 6.07) is 3.43. The standard InChI is InChI=1S/C13H20N2O3/c1-2-3-9-18-10-5-8-14-11-6-4-7-15-12(11)13(16)17/h4,6-7,14H,2-3,5,8-10H2,1H3,(H,16,17). The number of hydrogen-bond donors (Lipinski definition) is 2. The monoisotopic (exact) mass is 252 g/mol. The van der Waals surface area contributed by atoms with E-state index in [4.69, 9.17) is 9.84 Å². The molecule has 5 heteroatoms. The molecule has 0 spiro atoms. The number of hydrogen-bond acceptors (Lipinski definition) is 4. The number of aromatic nitrogens is 1. The summed E-state index contributed by atoms with van der Waals surface area (Å²) in [5, 5.41) is 12.0. The zero-order valence-electron chi connectivity index (χ0n) is 10.7. The van der Waals surface area contributed by atoms with E-state index in [9.17, 15) is 4.79 Å². The number of aromatic carboxylic acids is 1. The number of carboxylic acid groups (broad SMARTS) is 1. The first-order valence-electron chi connectivity index (χ1n) is 6.25. The lowest BCUT2D eigenvalue weighted by Crippen LogP contribution is -2.11. The molecule has 0 saturated carbocycles. The van der Waals surface area contributed by atoms with Crippen LogP contribution in [0.3, 0.4) is 0 Å². The van der Waals surface area contributed by atoms with Crippen LogP contribution in [-0.4, -0.2) is 35.8 Å². The van der Waals surface area contributed by atoms with Crippen LogP contribution in [0.2, 0.25) is 0 Å². The predicted octanol–water partition coefficient (Wildman–Crippen LogP) is 2.40. The van der Waals surface area contributed by atoms with Crippen LogP contribution < -0.4 is 5.32 Å². The summed E-state index contributed by atoms with van der Waals surface area (Å²) >= 11 is 0. The van der Waals surface area contributed by atoms with Gasteiger partial charge in [-0.05, 0) is 25.0 Å². The van der Waals surface area contributed by atoms with Crippen LogP contribution in [0.5, 0.6) is 0 Å². The SMILES string of the molecule is CCCCOCCCNc1cccnc1C(=O)O. The third-order valence-corrected chi connectivity index (χ3v) is 2.43. The Balaban J connectivity index is 2.25. The Kier molecular flexibility index (Phi) is 6.79. The van der Waals surface area contributed by atoms with E-state index in [-0.39, 0.29) is 5.69 Å². The van der Waals surface area contributed by atoms with Crippen LogP contribution in [0.25, 0.3) is 0 Å². The van der Waals surface area contributed by atoms with E-state index in [1.807, 2.05) is 0 Å². The number of nitrogens with zero attached hydrogens (tertiary/aromatic N) is 1. The Labute approximate surface area is 107 Å². The van der Waals surface area contributed by atoms with E-state index in [1.54, 1.807) is 12.1 Å². The number of anilines is 1. The van der Waals surface area contributed by atoms with Crippen molar-refractivity contribution in [3.63, 3.8) is 0 Å². The van der Waals surface area contributed by atoms with Crippen LogP contribution in [0.1, 0.15) is 36.7 Å². The molecule has 0 atom stereocenters. The highest BCUT2D eigenvalue weighted by Crippen LogP contribution is 2.11. The summed E-state index contributed by atoms with van der Waals surface area (Å²) in [5.74, 6) is -1.02. The summed E-state index contributed by atoms with van der Waals surface area (Å²) < 4.78 is 5.42. The molecule has 0 aliphatic rings. The van der Waals surface area contributed by atoms with Crippen LogP contribution in [0.4, 0.5) is 5.69 Å². The molecule has 0 aliphatic carbocycles. The largest absolute Gasteiger partial charge is 0.476 e. The third kappa shape index (κ3) is 5.14. The van der Waals surface area contributed by atoms with Crippen molar-refractivity contribution >= 4 is 11.7 Å². The number of carboxylic acids is 1. The van der Waals surface area contributed by atoms with Crippen molar-refractivity contribution in [2.45, 2.75) is 26.2 Å². The predicted molar refractivity (Wildman–Crippen MR) is 70.0 cm³/mol. The van der Waals surface area contributed by atoms with E-state index >= 15 is 0 Å². The van der Waals surface area contributed by atoms with E-state index in [1.165, 1.54) is 6.20 Å². The van der Waals surface area contributed by atoms with Crippen LogP contribution in [-0.2, 0) is 4.74 Å². The normalized spacial score (nSPS) is 10.3. The molecule has 0 aliphatic heterocycles. The average molecular weight is 252 g/mol. The molecule has 0 bridgehead atoms. The van der Waals surface area contributed by atoms with Gasteiger partial charge in [0.15, 0.2) is 5.69 Å². The molecule has 0 aromatic carbocycles. The van der Waals surface area contributed by atoms with Gasteiger partial charge in [0.2, 0.25) is 0 Å². The summed E-state index contributed by atoms with van der Waals surface area (Å²) in [6.07, 6.45) is 4.54. The first-order chi connectivity index (χ1) is 8.75. The van der Waals surface area contributed by atoms with Gasteiger partial charge in [0.05, 0.1) is 5.69 Å². The summed E-state index contributed by atoms with van der Waals surface area (Å²) in [5.41, 5.74) is 0.614. The topological polar surface area (TPSA) is 71.5 Å². The number of rotatable bonds is 9. The molecule has 0 saturated heterocycles. The van der Waals surface area contributed by atoms with Crippen LogP contribution >= 0.6 is 0 Å². The Bertz CT molecular complexity index is 369. The number of nitrogens with one attached hydrogen (secondary N) is 1. The summed E-state index contributed by atoms with van der Waals surface area (Å²) in [4.78, 5) is 14.7. The fourth-order valence-corrected chi connectivity index (χ4v) is 1.46. The van der Waals surface area contributed by atoms with Gasteiger partial charge < -0.3 is 15.2 Å². The Morgan fingerprint density at radius 1 is 1.44 bits per heavy atom. The fraction of sp³-hybridized carbons (Fsp3) is 0.538. The molecule has 5 nitrogen and oxygen atoms in total. The molecule has 1 aromatic heterocycles. The number of unbranched alkanes of at least 4 members (excludes halogenated alkanes) is 1. The minimum Gasteiger partial charge on any atom is -0.476 e. The number of ether oxygens (including phenoxy) is 1. The molecule has 1 heterocycles. The summed E-state index contributed by atoms with van der Waals surface area (Å²) in [7, 11) is 0. The van der Waals surface area contributed by atoms with E-state index in [0.29, 0.717) is 18.8 Å². The zero-order chi connectivity index (χ0) is 13.2. The number of carbonyl (C=O) groups is 1. The second-order valence-corrected chi connectivity index (χ2v) is 3.95. The van der Waals surface area contributed by atoms with E-state index in [0.717, 1.165) is 25.9 Å². The van der Waals surface area contributed by atoms with Gasteiger partial charge in [-0.15, -0.1) is 0 Å². The molecule has 1 aromatic rings. The molecule has 2 N–H and O–H groups in total. The minimum absolute atomic E-state index is 0.0596. The van der Waals surface area contributed by atoms with Crippen LogP contribution in [0.15, 0.2) is 18.3 Å². The highest BCUT2D eigenvalue weighted by Gasteiger charge is 2.09. The maximum Gasteiger partial charge on any atom is 0.356 e. The first kappa shape index (κ1) is 14.4. The van der Waals surface area contributed by atoms with Crippen molar-refractivity contribution in [3.8, 4) is 0 Å². The quantitative estimate of drug-likeness (QED) is 0.660. The molecule has 0 amide bonds. The minimum atomic E-state index is -1.02. The van der Waals surface area contributed by atoms with Gasteiger partial charge in [0.25, 0.3) is 0 Å². The lowest BCUT2D eigenvalue weighted by Gasteiger charge is -2.08. The maximum atomic E-state index is 10.9. The Morgan fingerprint density at radius 3 is 2.94 bits per heavy atom. The lowest BCUT2D eigenvalue weighted by atomic mass is 10.3. The first-order valence-corrected chi connectivity index (χ1v) is 6.25.